The van der Waals surface area contributed by atoms with Crippen molar-refractivity contribution in [3.05, 3.63) is 22.4 Å². The second-order valence-corrected chi connectivity index (χ2v) is 6.31. The average molecular weight is 313 g/mol. The van der Waals surface area contributed by atoms with Crippen LogP contribution in [-0.2, 0) is 6.54 Å². The van der Waals surface area contributed by atoms with E-state index in [4.69, 9.17) is 0 Å². The number of carbonyl (C=O) groups is 1. The van der Waals surface area contributed by atoms with Gasteiger partial charge in [0.15, 0.2) is 0 Å². The highest BCUT2D eigenvalue weighted by molar-refractivity contribution is 9.10. The lowest BCUT2D eigenvalue weighted by molar-refractivity contribution is 0.0776. The Kier molecular flexibility index (Phi) is 4.15. The maximum absolute atomic E-state index is 12.4. The highest BCUT2D eigenvalue weighted by atomic mass is 79.9. The first-order valence-electron chi connectivity index (χ1n) is 6.64. The molecule has 1 amide bonds. The molecule has 1 aliphatic rings. The summed E-state index contributed by atoms with van der Waals surface area (Å²) in [5, 5.41) is 0. The Morgan fingerprint density at radius 3 is 2.83 bits per heavy atom. The van der Waals surface area contributed by atoms with Crippen molar-refractivity contribution in [2.24, 2.45) is 11.8 Å². The molecule has 2 rings (SSSR count). The Labute approximate surface area is 117 Å². The minimum atomic E-state index is 0.133. The SMILES string of the molecule is CCCn1cc(Br)cc1C(=O)N(C)CC1CC1C. The summed E-state index contributed by atoms with van der Waals surface area (Å²) in [4.78, 5) is 14.3. The van der Waals surface area contributed by atoms with Crippen LogP contribution in [-0.4, -0.2) is 29.0 Å². The van der Waals surface area contributed by atoms with Gasteiger partial charge in [-0.25, -0.2) is 0 Å². The number of aromatic nitrogens is 1. The standard InChI is InChI=1S/C14H21BrN2O/c1-4-5-17-9-12(15)7-13(17)14(18)16(3)8-11-6-10(11)2/h7,9-11H,4-6,8H2,1-3H3. The fourth-order valence-electron chi connectivity index (χ4n) is 2.36. The third-order valence-electron chi connectivity index (χ3n) is 3.68. The van der Waals surface area contributed by atoms with Crippen LogP contribution in [0.4, 0.5) is 0 Å². The zero-order valence-electron chi connectivity index (χ0n) is 11.3. The van der Waals surface area contributed by atoms with E-state index < -0.39 is 0 Å². The van der Waals surface area contributed by atoms with E-state index in [1.165, 1.54) is 6.42 Å². The van der Waals surface area contributed by atoms with Crippen LogP contribution in [0.1, 0.15) is 37.2 Å². The first kappa shape index (κ1) is 13.7. The topological polar surface area (TPSA) is 25.2 Å². The fraction of sp³-hybridized carbons (Fsp3) is 0.643. The molecule has 1 heterocycles. The summed E-state index contributed by atoms with van der Waals surface area (Å²) >= 11 is 3.45. The third-order valence-corrected chi connectivity index (χ3v) is 4.11. The predicted molar refractivity (Wildman–Crippen MR) is 76.7 cm³/mol. The van der Waals surface area contributed by atoms with Crippen LogP contribution in [0.2, 0.25) is 0 Å². The van der Waals surface area contributed by atoms with Crippen molar-refractivity contribution in [2.45, 2.75) is 33.2 Å². The largest absolute Gasteiger partial charge is 0.342 e. The van der Waals surface area contributed by atoms with Gasteiger partial charge < -0.3 is 9.47 Å². The molecule has 1 aliphatic carbocycles. The first-order chi connectivity index (χ1) is 8.52. The smallest absolute Gasteiger partial charge is 0.270 e. The quantitative estimate of drug-likeness (QED) is 0.818. The van der Waals surface area contributed by atoms with E-state index >= 15 is 0 Å². The molecule has 0 bridgehead atoms. The molecule has 2 unspecified atom stereocenters. The third kappa shape index (κ3) is 2.97. The minimum Gasteiger partial charge on any atom is -0.342 e. The lowest BCUT2D eigenvalue weighted by atomic mass is 10.3. The minimum absolute atomic E-state index is 0.133. The van der Waals surface area contributed by atoms with Gasteiger partial charge in [0.1, 0.15) is 5.69 Å². The first-order valence-corrected chi connectivity index (χ1v) is 7.43. The number of halogens is 1. The summed E-state index contributed by atoms with van der Waals surface area (Å²) in [6.45, 7) is 6.15. The van der Waals surface area contributed by atoms with Gasteiger partial charge in [0.25, 0.3) is 5.91 Å². The number of carbonyl (C=O) groups excluding carboxylic acids is 1. The lowest BCUT2D eigenvalue weighted by Gasteiger charge is -2.18. The van der Waals surface area contributed by atoms with Crippen molar-refractivity contribution in [3.63, 3.8) is 0 Å². The molecule has 0 aromatic carbocycles. The van der Waals surface area contributed by atoms with Crippen molar-refractivity contribution >= 4 is 21.8 Å². The molecule has 0 saturated heterocycles. The molecule has 0 radical (unpaired) electrons. The molecule has 4 heteroatoms. The van der Waals surface area contributed by atoms with Crippen LogP contribution in [0.3, 0.4) is 0 Å². The van der Waals surface area contributed by atoms with Crippen LogP contribution in [0.15, 0.2) is 16.7 Å². The fourth-order valence-corrected chi connectivity index (χ4v) is 2.83. The van der Waals surface area contributed by atoms with Gasteiger partial charge in [-0.3, -0.25) is 4.79 Å². The number of hydrogen-bond donors (Lipinski definition) is 0. The molecule has 0 N–H and O–H groups in total. The highest BCUT2D eigenvalue weighted by Gasteiger charge is 2.34. The van der Waals surface area contributed by atoms with Crippen LogP contribution in [0.25, 0.3) is 0 Å². The Hall–Kier alpha value is -0.770. The Morgan fingerprint density at radius 2 is 2.28 bits per heavy atom. The molecule has 100 valence electrons. The normalized spacial score (nSPS) is 22.0. The number of amides is 1. The van der Waals surface area contributed by atoms with Crippen molar-refractivity contribution in [1.82, 2.24) is 9.47 Å². The molecule has 0 spiro atoms. The van der Waals surface area contributed by atoms with Crippen molar-refractivity contribution in [1.29, 1.82) is 0 Å². The summed E-state index contributed by atoms with van der Waals surface area (Å²) in [7, 11) is 1.91. The van der Waals surface area contributed by atoms with E-state index in [-0.39, 0.29) is 5.91 Å². The second kappa shape index (κ2) is 5.47. The Bertz CT molecular complexity index is 441. The van der Waals surface area contributed by atoms with Gasteiger partial charge in [-0.05, 0) is 46.7 Å². The molecular formula is C14H21BrN2O. The molecule has 3 nitrogen and oxygen atoms in total. The van der Waals surface area contributed by atoms with E-state index in [2.05, 4.69) is 29.8 Å². The van der Waals surface area contributed by atoms with Crippen molar-refractivity contribution in [2.75, 3.05) is 13.6 Å². The number of hydrogen-bond acceptors (Lipinski definition) is 1. The van der Waals surface area contributed by atoms with Gasteiger partial charge in [-0.2, -0.15) is 0 Å². The molecule has 2 atom stereocenters. The van der Waals surface area contributed by atoms with Crippen molar-refractivity contribution < 1.29 is 4.79 Å². The maximum Gasteiger partial charge on any atom is 0.270 e. The van der Waals surface area contributed by atoms with Crippen molar-refractivity contribution in [3.8, 4) is 0 Å². The number of nitrogens with zero attached hydrogens (tertiary/aromatic N) is 2. The molecule has 1 saturated carbocycles. The van der Waals surface area contributed by atoms with E-state index in [1.54, 1.807) is 0 Å². The van der Waals surface area contributed by atoms with Gasteiger partial charge in [0.05, 0.1) is 0 Å². The van der Waals surface area contributed by atoms with Crippen LogP contribution >= 0.6 is 15.9 Å². The summed E-state index contributed by atoms with van der Waals surface area (Å²) in [5.74, 6) is 1.62. The van der Waals surface area contributed by atoms with Gasteiger partial charge in [-0.15, -0.1) is 0 Å². The molecule has 1 aromatic heterocycles. The molecule has 1 aromatic rings. The average Bonchev–Trinajstić information content (AvgIpc) is 2.86. The van der Waals surface area contributed by atoms with E-state index in [9.17, 15) is 4.79 Å². The van der Waals surface area contributed by atoms with Gasteiger partial charge in [0.2, 0.25) is 0 Å². The molecule has 1 fully saturated rings. The van der Waals surface area contributed by atoms with E-state index in [0.29, 0.717) is 5.92 Å². The molecular weight excluding hydrogens is 292 g/mol. The Morgan fingerprint density at radius 1 is 1.61 bits per heavy atom. The summed E-state index contributed by atoms with van der Waals surface area (Å²) in [6.07, 6.45) is 4.28. The van der Waals surface area contributed by atoms with Gasteiger partial charge in [-0.1, -0.05) is 13.8 Å². The van der Waals surface area contributed by atoms with E-state index in [1.807, 2.05) is 28.8 Å². The monoisotopic (exact) mass is 312 g/mol. The van der Waals surface area contributed by atoms with Crippen LogP contribution in [0, 0.1) is 11.8 Å². The Balaban J connectivity index is 2.07. The summed E-state index contributed by atoms with van der Waals surface area (Å²) in [5.41, 5.74) is 0.791. The highest BCUT2D eigenvalue weighted by Crippen LogP contribution is 2.38. The van der Waals surface area contributed by atoms with Gasteiger partial charge in [0, 0.05) is 30.8 Å². The van der Waals surface area contributed by atoms with E-state index in [0.717, 1.165) is 35.6 Å². The van der Waals surface area contributed by atoms with Gasteiger partial charge >= 0.3 is 0 Å². The number of rotatable bonds is 5. The zero-order chi connectivity index (χ0) is 13.3. The summed E-state index contributed by atoms with van der Waals surface area (Å²) in [6, 6.07) is 1.92. The lowest BCUT2D eigenvalue weighted by Crippen LogP contribution is -2.30. The molecule has 18 heavy (non-hydrogen) atoms. The molecule has 0 aliphatic heterocycles. The zero-order valence-corrected chi connectivity index (χ0v) is 12.9. The van der Waals surface area contributed by atoms with Crippen LogP contribution in [0.5, 0.6) is 0 Å². The second-order valence-electron chi connectivity index (χ2n) is 5.40. The van der Waals surface area contributed by atoms with Crippen LogP contribution < -0.4 is 0 Å². The maximum atomic E-state index is 12.4. The summed E-state index contributed by atoms with van der Waals surface area (Å²) < 4.78 is 3.02. The number of aryl methyl sites for hydroxylation is 1. The predicted octanol–water partition coefficient (Wildman–Crippen LogP) is 3.39.